The first kappa shape index (κ1) is 12.2. The average Bonchev–Trinajstić information content (AvgIpc) is 2.78. The molecule has 0 saturated carbocycles. The number of aromatic nitrogens is 3. The quantitative estimate of drug-likeness (QED) is 0.681. The zero-order chi connectivity index (χ0) is 13.3. The van der Waals surface area contributed by atoms with Gasteiger partial charge in [0.25, 0.3) is 5.69 Å². The molecule has 0 aliphatic rings. The van der Waals surface area contributed by atoms with Crippen molar-refractivity contribution in [3.05, 3.63) is 44.8 Å². The summed E-state index contributed by atoms with van der Waals surface area (Å²) < 4.78 is 1.56. The van der Waals surface area contributed by atoms with E-state index in [4.69, 9.17) is 5.11 Å². The maximum absolute atomic E-state index is 10.7. The number of nitro groups is 1. The molecule has 2 aromatic rings. The molecule has 0 aliphatic carbocycles. The number of aromatic carboxylic acids is 1. The van der Waals surface area contributed by atoms with Gasteiger partial charge in [-0.05, 0) is 22.0 Å². The Morgan fingerprint density at radius 1 is 1.56 bits per heavy atom. The third-order valence-electron chi connectivity index (χ3n) is 2.04. The summed E-state index contributed by atoms with van der Waals surface area (Å²) >= 11 is 3.12. The Morgan fingerprint density at radius 2 is 2.28 bits per heavy atom. The normalized spacial score (nSPS) is 10.3. The summed E-state index contributed by atoms with van der Waals surface area (Å²) in [7, 11) is 0. The highest BCUT2D eigenvalue weighted by Crippen LogP contribution is 2.23. The van der Waals surface area contributed by atoms with Crippen LogP contribution in [0.25, 0.3) is 5.82 Å². The minimum atomic E-state index is -1.16. The van der Waals surface area contributed by atoms with Gasteiger partial charge in [0.15, 0.2) is 11.5 Å². The second kappa shape index (κ2) is 4.53. The largest absolute Gasteiger partial charge is 0.476 e. The second-order valence-electron chi connectivity index (χ2n) is 3.21. The molecule has 0 bridgehead atoms. The van der Waals surface area contributed by atoms with E-state index in [0.29, 0.717) is 4.47 Å². The highest BCUT2D eigenvalue weighted by Gasteiger charge is 2.14. The van der Waals surface area contributed by atoms with Gasteiger partial charge in [0.2, 0.25) is 0 Å². The molecule has 0 atom stereocenters. The second-order valence-corrected chi connectivity index (χ2v) is 4.06. The van der Waals surface area contributed by atoms with Crippen molar-refractivity contribution < 1.29 is 14.8 Å². The fourth-order valence-electron chi connectivity index (χ4n) is 1.24. The first-order valence-electron chi connectivity index (χ1n) is 4.58. The SMILES string of the molecule is O=C(O)c1ccn(-c2ncc([N+](=O)[O-])cc2Br)n1. The molecule has 18 heavy (non-hydrogen) atoms. The van der Waals surface area contributed by atoms with Crippen molar-refractivity contribution in [1.29, 1.82) is 0 Å². The predicted octanol–water partition coefficient (Wildman–Crippen LogP) is 1.64. The summed E-state index contributed by atoms with van der Waals surface area (Å²) in [5.74, 6) is -0.889. The number of hydrogen-bond donors (Lipinski definition) is 1. The third-order valence-corrected chi connectivity index (χ3v) is 2.63. The summed E-state index contributed by atoms with van der Waals surface area (Å²) in [5.41, 5.74) is -0.307. The van der Waals surface area contributed by atoms with Crippen molar-refractivity contribution in [2.45, 2.75) is 0 Å². The number of carboxylic acid groups (broad SMARTS) is 1. The van der Waals surface area contributed by atoms with Crippen molar-refractivity contribution in [3.63, 3.8) is 0 Å². The molecular formula is C9H5BrN4O4. The Hall–Kier alpha value is -2.29. The van der Waals surface area contributed by atoms with Crippen LogP contribution in [0.4, 0.5) is 5.69 Å². The van der Waals surface area contributed by atoms with Crippen molar-refractivity contribution in [3.8, 4) is 5.82 Å². The Balaban J connectivity index is 2.44. The van der Waals surface area contributed by atoms with E-state index in [1.165, 1.54) is 23.0 Å². The lowest BCUT2D eigenvalue weighted by atomic mass is 10.4. The van der Waals surface area contributed by atoms with Crippen LogP contribution in [0, 0.1) is 10.1 Å². The Morgan fingerprint density at radius 3 is 2.78 bits per heavy atom. The first-order valence-corrected chi connectivity index (χ1v) is 5.37. The van der Waals surface area contributed by atoms with E-state index in [2.05, 4.69) is 26.0 Å². The van der Waals surface area contributed by atoms with Crippen molar-refractivity contribution in [2.24, 2.45) is 0 Å². The molecule has 2 heterocycles. The number of carbonyl (C=O) groups is 1. The summed E-state index contributed by atoms with van der Waals surface area (Å²) in [6.45, 7) is 0. The monoisotopic (exact) mass is 312 g/mol. The lowest BCUT2D eigenvalue weighted by Crippen LogP contribution is -2.03. The van der Waals surface area contributed by atoms with E-state index in [9.17, 15) is 14.9 Å². The van der Waals surface area contributed by atoms with Gasteiger partial charge in [-0.1, -0.05) is 0 Å². The van der Waals surface area contributed by atoms with Crippen LogP contribution in [-0.4, -0.2) is 30.8 Å². The molecule has 2 aromatic heterocycles. The molecule has 1 N–H and O–H groups in total. The van der Waals surface area contributed by atoms with E-state index in [0.717, 1.165) is 6.20 Å². The van der Waals surface area contributed by atoms with E-state index < -0.39 is 10.9 Å². The van der Waals surface area contributed by atoms with Crippen LogP contribution in [0.1, 0.15) is 10.5 Å². The Labute approximate surface area is 108 Å². The van der Waals surface area contributed by atoms with Crippen LogP contribution >= 0.6 is 15.9 Å². The van der Waals surface area contributed by atoms with E-state index >= 15 is 0 Å². The van der Waals surface area contributed by atoms with Gasteiger partial charge in [0, 0.05) is 12.3 Å². The van der Waals surface area contributed by atoms with Gasteiger partial charge >= 0.3 is 5.97 Å². The Bertz CT molecular complexity index is 639. The molecule has 0 aliphatic heterocycles. The number of pyridine rings is 1. The van der Waals surface area contributed by atoms with Crippen molar-refractivity contribution in [1.82, 2.24) is 14.8 Å². The average molecular weight is 313 g/mol. The predicted molar refractivity (Wildman–Crippen MR) is 62.7 cm³/mol. The maximum atomic E-state index is 10.7. The molecule has 9 heteroatoms. The zero-order valence-electron chi connectivity index (χ0n) is 8.65. The van der Waals surface area contributed by atoms with Crippen molar-refractivity contribution >= 4 is 27.6 Å². The van der Waals surface area contributed by atoms with E-state index in [-0.39, 0.29) is 17.2 Å². The minimum absolute atomic E-state index is 0.137. The van der Waals surface area contributed by atoms with Gasteiger partial charge in [-0.25, -0.2) is 14.5 Å². The van der Waals surface area contributed by atoms with Gasteiger partial charge in [-0.15, -0.1) is 0 Å². The summed E-state index contributed by atoms with van der Waals surface area (Å²) in [5, 5.41) is 23.0. The fraction of sp³-hybridized carbons (Fsp3) is 0. The summed E-state index contributed by atoms with van der Waals surface area (Å²) in [4.78, 5) is 24.5. The van der Waals surface area contributed by atoms with Crippen LogP contribution in [0.5, 0.6) is 0 Å². The van der Waals surface area contributed by atoms with Crippen LogP contribution in [0.3, 0.4) is 0 Å². The molecule has 0 radical (unpaired) electrons. The summed E-state index contributed by atoms with van der Waals surface area (Å²) in [6, 6.07) is 2.57. The van der Waals surface area contributed by atoms with Gasteiger partial charge in [-0.3, -0.25) is 10.1 Å². The van der Waals surface area contributed by atoms with E-state index in [1.54, 1.807) is 0 Å². The van der Waals surface area contributed by atoms with Crippen LogP contribution in [0.2, 0.25) is 0 Å². The molecule has 0 amide bonds. The molecule has 2 rings (SSSR count). The van der Waals surface area contributed by atoms with Crippen LogP contribution in [-0.2, 0) is 0 Å². The molecule has 0 saturated heterocycles. The summed E-state index contributed by atoms with van der Waals surface area (Å²) in [6.07, 6.45) is 2.48. The maximum Gasteiger partial charge on any atom is 0.356 e. The van der Waals surface area contributed by atoms with Gasteiger partial charge in [-0.2, -0.15) is 5.10 Å². The number of nitrogens with zero attached hydrogens (tertiary/aromatic N) is 4. The molecule has 0 spiro atoms. The lowest BCUT2D eigenvalue weighted by Gasteiger charge is -2.02. The number of rotatable bonds is 3. The number of hydrogen-bond acceptors (Lipinski definition) is 5. The molecule has 92 valence electrons. The van der Waals surface area contributed by atoms with Crippen molar-refractivity contribution in [2.75, 3.05) is 0 Å². The van der Waals surface area contributed by atoms with Gasteiger partial charge in [0.05, 0.1) is 9.40 Å². The van der Waals surface area contributed by atoms with Crippen LogP contribution < -0.4 is 0 Å². The highest BCUT2D eigenvalue weighted by molar-refractivity contribution is 9.10. The lowest BCUT2D eigenvalue weighted by molar-refractivity contribution is -0.385. The molecular weight excluding hydrogens is 308 g/mol. The van der Waals surface area contributed by atoms with Gasteiger partial charge in [0.1, 0.15) is 6.20 Å². The standard InChI is InChI=1S/C9H5BrN4O4/c10-6-3-5(14(17)18)4-11-8(6)13-2-1-7(12-13)9(15)16/h1-4H,(H,15,16). The molecule has 0 aromatic carbocycles. The molecule has 8 nitrogen and oxygen atoms in total. The van der Waals surface area contributed by atoms with Gasteiger partial charge < -0.3 is 5.11 Å². The topological polar surface area (TPSA) is 111 Å². The smallest absolute Gasteiger partial charge is 0.356 e. The highest BCUT2D eigenvalue weighted by atomic mass is 79.9. The number of carboxylic acids is 1. The van der Waals surface area contributed by atoms with Crippen LogP contribution in [0.15, 0.2) is 29.0 Å². The number of halogens is 1. The first-order chi connectivity index (χ1) is 8.49. The Kier molecular flexibility index (Phi) is 3.06. The third kappa shape index (κ3) is 2.20. The van der Waals surface area contributed by atoms with E-state index in [1.807, 2.05) is 0 Å². The molecule has 0 fully saturated rings. The molecule has 0 unspecified atom stereocenters. The fourth-order valence-corrected chi connectivity index (χ4v) is 1.76. The zero-order valence-corrected chi connectivity index (χ0v) is 10.2. The minimum Gasteiger partial charge on any atom is -0.476 e.